The topological polar surface area (TPSA) is 80.9 Å². The molecule has 1 amide bonds. The van der Waals surface area contributed by atoms with Gasteiger partial charge in [-0.25, -0.2) is 4.98 Å². The molecule has 0 saturated heterocycles. The number of amides is 1. The van der Waals surface area contributed by atoms with Crippen LogP contribution in [-0.2, 0) is 11.2 Å². The van der Waals surface area contributed by atoms with Gasteiger partial charge in [0.15, 0.2) is 5.82 Å². The maximum absolute atomic E-state index is 12.7. The summed E-state index contributed by atoms with van der Waals surface area (Å²) in [5, 5.41) is 11.9. The van der Waals surface area contributed by atoms with Crippen LogP contribution in [0.2, 0.25) is 0 Å². The van der Waals surface area contributed by atoms with Gasteiger partial charge in [0.05, 0.1) is 28.2 Å². The zero-order chi connectivity index (χ0) is 20.4. The monoisotopic (exact) mass is 424 g/mol. The molecule has 8 heteroatoms. The van der Waals surface area contributed by atoms with E-state index in [4.69, 9.17) is 4.52 Å². The minimum Gasteiger partial charge on any atom is -0.334 e. The maximum Gasteiger partial charge on any atom is 0.260 e. The van der Waals surface area contributed by atoms with Crippen LogP contribution in [0.25, 0.3) is 21.3 Å². The Balaban J connectivity index is 1.54. The molecule has 0 aliphatic rings. The zero-order valence-electron chi connectivity index (χ0n) is 16.3. The van der Waals surface area contributed by atoms with E-state index in [0.29, 0.717) is 17.4 Å². The molecule has 3 aromatic heterocycles. The summed E-state index contributed by atoms with van der Waals surface area (Å²) >= 11 is 3.19. The SMILES string of the molecule is Cc1cccc(-c2nc(C(C)C)no2)c1NC(=O)Cc1csc(-c2cccs2)n1. The van der Waals surface area contributed by atoms with E-state index in [1.54, 1.807) is 22.7 Å². The van der Waals surface area contributed by atoms with E-state index >= 15 is 0 Å². The third-order valence-electron chi connectivity index (χ3n) is 4.35. The van der Waals surface area contributed by atoms with E-state index in [1.165, 1.54) is 0 Å². The molecule has 0 spiro atoms. The van der Waals surface area contributed by atoms with Gasteiger partial charge in [0.25, 0.3) is 5.89 Å². The van der Waals surface area contributed by atoms with Crippen molar-refractivity contribution in [2.24, 2.45) is 0 Å². The maximum atomic E-state index is 12.7. The van der Waals surface area contributed by atoms with Gasteiger partial charge in [-0.1, -0.05) is 37.2 Å². The minimum atomic E-state index is -0.132. The van der Waals surface area contributed by atoms with Crippen molar-refractivity contribution >= 4 is 34.3 Å². The Morgan fingerprint density at radius 2 is 2.03 bits per heavy atom. The summed E-state index contributed by atoms with van der Waals surface area (Å²) in [6.45, 7) is 5.95. The highest BCUT2D eigenvalue weighted by Crippen LogP contribution is 2.31. The number of aryl methyl sites for hydroxylation is 1. The molecule has 0 saturated carbocycles. The summed E-state index contributed by atoms with van der Waals surface area (Å²) in [6.07, 6.45) is 0.205. The molecule has 0 radical (unpaired) electrons. The van der Waals surface area contributed by atoms with Crippen molar-refractivity contribution in [2.45, 2.75) is 33.1 Å². The fourth-order valence-electron chi connectivity index (χ4n) is 2.84. The molecular weight excluding hydrogens is 404 g/mol. The molecule has 0 unspecified atom stereocenters. The average Bonchev–Trinajstić information content (AvgIpc) is 3.44. The average molecular weight is 425 g/mol. The number of hydrogen-bond acceptors (Lipinski definition) is 7. The highest BCUT2D eigenvalue weighted by atomic mass is 32.1. The Labute approximate surface area is 176 Å². The summed E-state index contributed by atoms with van der Waals surface area (Å²) in [4.78, 5) is 22.9. The van der Waals surface area contributed by atoms with Crippen molar-refractivity contribution in [1.29, 1.82) is 0 Å². The predicted molar refractivity (Wildman–Crippen MR) is 116 cm³/mol. The summed E-state index contributed by atoms with van der Waals surface area (Å²) in [5.74, 6) is 1.08. The highest BCUT2D eigenvalue weighted by Gasteiger charge is 2.18. The Bertz CT molecular complexity index is 1130. The van der Waals surface area contributed by atoms with Crippen LogP contribution in [0.4, 0.5) is 5.69 Å². The molecule has 0 atom stereocenters. The van der Waals surface area contributed by atoms with E-state index in [1.807, 2.05) is 61.9 Å². The fraction of sp³-hybridized carbons (Fsp3) is 0.238. The lowest BCUT2D eigenvalue weighted by molar-refractivity contribution is -0.115. The minimum absolute atomic E-state index is 0.132. The second-order valence-corrected chi connectivity index (χ2v) is 8.76. The first-order chi connectivity index (χ1) is 14.0. The van der Waals surface area contributed by atoms with Crippen LogP contribution in [-0.4, -0.2) is 21.0 Å². The summed E-state index contributed by atoms with van der Waals surface area (Å²) in [5.41, 5.74) is 3.09. The molecule has 1 aromatic carbocycles. The Morgan fingerprint density at radius 1 is 1.17 bits per heavy atom. The van der Waals surface area contributed by atoms with Gasteiger partial charge >= 0.3 is 0 Å². The van der Waals surface area contributed by atoms with E-state index in [0.717, 1.165) is 26.7 Å². The summed E-state index contributed by atoms with van der Waals surface area (Å²) in [7, 11) is 0. The van der Waals surface area contributed by atoms with Crippen molar-refractivity contribution in [2.75, 3.05) is 5.32 Å². The van der Waals surface area contributed by atoms with E-state index in [9.17, 15) is 4.79 Å². The number of aromatic nitrogens is 3. The van der Waals surface area contributed by atoms with Crippen molar-refractivity contribution in [3.05, 3.63) is 58.2 Å². The van der Waals surface area contributed by atoms with E-state index < -0.39 is 0 Å². The molecule has 0 bridgehead atoms. The molecule has 4 rings (SSSR count). The molecule has 0 aliphatic carbocycles. The van der Waals surface area contributed by atoms with Crippen molar-refractivity contribution in [1.82, 2.24) is 15.1 Å². The Hall–Kier alpha value is -2.84. The normalized spacial score (nSPS) is 11.2. The molecule has 3 heterocycles. The first kappa shape index (κ1) is 19.5. The van der Waals surface area contributed by atoms with Gasteiger partial charge < -0.3 is 9.84 Å². The number of para-hydroxylation sites is 1. The van der Waals surface area contributed by atoms with Crippen LogP contribution < -0.4 is 5.32 Å². The van der Waals surface area contributed by atoms with E-state index in [2.05, 4.69) is 20.4 Å². The number of anilines is 1. The lowest BCUT2D eigenvalue weighted by atomic mass is 10.1. The highest BCUT2D eigenvalue weighted by molar-refractivity contribution is 7.20. The van der Waals surface area contributed by atoms with Gasteiger partial charge in [0.1, 0.15) is 5.01 Å². The van der Waals surface area contributed by atoms with Crippen LogP contribution in [0, 0.1) is 6.92 Å². The van der Waals surface area contributed by atoms with Gasteiger partial charge in [-0.2, -0.15) is 4.98 Å². The van der Waals surface area contributed by atoms with Gasteiger partial charge in [-0.05, 0) is 30.0 Å². The number of nitrogens with zero attached hydrogens (tertiary/aromatic N) is 3. The van der Waals surface area contributed by atoms with Gasteiger partial charge in [-0.3, -0.25) is 4.79 Å². The second kappa shape index (κ2) is 8.26. The summed E-state index contributed by atoms with van der Waals surface area (Å²) in [6, 6.07) is 9.75. The molecule has 6 nitrogen and oxygen atoms in total. The number of carbonyl (C=O) groups excluding carboxylic acids is 1. The number of benzene rings is 1. The summed E-state index contributed by atoms with van der Waals surface area (Å²) < 4.78 is 5.43. The largest absolute Gasteiger partial charge is 0.334 e. The molecular formula is C21H20N4O2S2. The van der Waals surface area contributed by atoms with Crippen LogP contribution >= 0.6 is 22.7 Å². The molecule has 148 valence electrons. The lowest BCUT2D eigenvalue weighted by Crippen LogP contribution is -2.16. The van der Waals surface area contributed by atoms with Crippen LogP contribution in [0.5, 0.6) is 0 Å². The number of thiazole rings is 1. The molecule has 0 fully saturated rings. The third kappa shape index (κ3) is 4.28. The second-order valence-electron chi connectivity index (χ2n) is 6.96. The van der Waals surface area contributed by atoms with Crippen molar-refractivity contribution in [3.63, 3.8) is 0 Å². The number of rotatable bonds is 6. The van der Waals surface area contributed by atoms with Crippen molar-refractivity contribution < 1.29 is 9.32 Å². The lowest BCUT2D eigenvalue weighted by Gasteiger charge is -2.11. The fourth-order valence-corrected chi connectivity index (χ4v) is 4.47. The quantitative estimate of drug-likeness (QED) is 0.440. The van der Waals surface area contributed by atoms with Crippen LogP contribution in [0.15, 0.2) is 45.6 Å². The third-order valence-corrected chi connectivity index (χ3v) is 6.28. The van der Waals surface area contributed by atoms with Crippen LogP contribution in [0.3, 0.4) is 0 Å². The number of carbonyl (C=O) groups is 1. The number of hydrogen-bond donors (Lipinski definition) is 1. The predicted octanol–water partition coefficient (Wildman–Crippen LogP) is 5.53. The Kier molecular flexibility index (Phi) is 5.55. The first-order valence-electron chi connectivity index (χ1n) is 9.23. The van der Waals surface area contributed by atoms with E-state index in [-0.39, 0.29) is 18.2 Å². The zero-order valence-corrected chi connectivity index (χ0v) is 17.9. The first-order valence-corrected chi connectivity index (χ1v) is 11.0. The molecule has 4 aromatic rings. The molecule has 29 heavy (non-hydrogen) atoms. The standard InChI is InChI=1S/C21H20N4O2S2/c1-12(2)19-24-20(27-25-19)15-7-4-6-13(3)18(15)23-17(26)10-14-11-29-21(22-14)16-8-5-9-28-16/h4-9,11-12H,10H2,1-3H3,(H,23,26). The van der Waals surface area contributed by atoms with Crippen molar-refractivity contribution in [3.8, 4) is 21.3 Å². The Morgan fingerprint density at radius 3 is 2.76 bits per heavy atom. The molecule has 0 aliphatic heterocycles. The van der Waals surface area contributed by atoms with Crippen LogP contribution in [0.1, 0.15) is 36.8 Å². The number of nitrogens with one attached hydrogen (secondary N) is 1. The van der Waals surface area contributed by atoms with Gasteiger partial charge in [0.2, 0.25) is 5.91 Å². The smallest absolute Gasteiger partial charge is 0.260 e. The molecule has 1 N–H and O–H groups in total. The van der Waals surface area contributed by atoms with Gasteiger partial charge in [0, 0.05) is 11.3 Å². The number of thiophene rings is 1. The van der Waals surface area contributed by atoms with Gasteiger partial charge in [-0.15, -0.1) is 22.7 Å².